The fraction of sp³-hybridized carbons (Fsp3) is 0.789. The Morgan fingerprint density at radius 1 is 1.40 bits per heavy atom. The second kappa shape index (κ2) is 7.08. The van der Waals surface area contributed by atoms with Gasteiger partial charge in [0.05, 0.1) is 18.4 Å². The second-order valence-corrected chi connectivity index (χ2v) is 8.11. The zero-order valence-electron chi connectivity index (χ0n) is 15.2. The first-order chi connectivity index (χ1) is 12.2. The molecular weight excluding hydrogens is 318 g/mol. The second-order valence-electron chi connectivity index (χ2n) is 8.11. The van der Waals surface area contributed by atoms with Gasteiger partial charge in [0.2, 0.25) is 0 Å². The van der Waals surface area contributed by atoms with E-state index in [4.69, 9.17) is 9.47 Å². The van der Waals surface area contributed by atoms with Crippen molar-refractivity contribution in [2.45, 2.75) is 32.1 Å². The first-order valence-corrected chi connectivity index (χ1v) is 9.60. The number of hydrogen-bond donors (Lipinski definition) is 0. The third-order valence-corrected chi connectivity index (χ3v) is 6.36. The number of aromatic nitrogens is 2. The Morgan fingerprint density at radius 3 is 3.00 bits per heavy atom. The lowest BCUT2D eigenvalue weighted by atomic mass is 9.81. The molecule has 0 N–H and O–H groups in total. The van der Waals surface area contributed by atoms with E-state index in [1.807, 2.05) is 18.1 Å². The molecule has 138 valence electrons. The van der Waals surface area contributed by atoms with Crippen molar-refractivity contribution in [3.05, 3.63) is 18.0 Å². The monoisotopic (exact) mass is 347 g/mol. The normalized spacial score (nSPS) is 30.0. The average Bonchev–Trinajstić information content (AvgIpc) is 3.29. The highest BCUT2D eigenvalue weighted by atomic mass is 16.5. The van der Waals surface area contributed by atoms with Crippen molar-refractivity contribution < 1.29 is 14.3 Å². The van der Waals surface area contributed by atoms with E-state index in [1.54, 1.807) is 10.9 Å². The van der Waals surface area contributed by atoms with Crippen molar-refractivity contribution in [1.82, 2.24) is 14.7 Å². The Hall–Kier alpha value is -1.40. The number of fused-ring (bicyclic) bond motifs is 1. The van der Waals surface area contributed by atoms with E-state index < -0.39 is 0 Å². The van der Waals surface area contributed by atoms with Crippen molar-refractivity contribution in [2.75, 3.05) is 39.5 Å². The summed E-state index contributed by atoms with van der Waals surface area (Å²) in [5.41, 5.74) is 0.865. The molecular formula is C19H29N3O3. The molecule has 0 spiro atoms. The minimum Gasteiger partial charge on any atom is -0.381 e. The van der Waals surface area contributed by atoms with Gasteiger partial charge in [-0.15, -0.1) is 0 Å². The lowest BCUT2D eigenvalue weighted by molar-refractivity contribution is -0.0123. The summed E-state index contributed by atoms with van der Waals surface area (Å²) in [4.78, 5) is 14.8. The molecule has 0 radical (unpaired) electrons. The van der Waals surface area contributed by atoms with Crippen LogP contribution in [0.25, 0.3) is 0 Å². The molecule has 2 atom stereocenters. The molecule has 0 unspecified atom stereocenters. The Morgan fingerprint density at radius 2 is 2.24 bits per heavy atom. The van der Waals surface area contributed by atoms with Crippen LogP contribution in [0.5, 0.6) is 0 Å². The van der Waals surface area contributed by atoms with Crippen LogP contribution in [0.15, 0.2) is 12.4 Å². The lowest BCUT2D eigenvalue weighted by Crippen LogP contribution is -2.35. The summed E-state index contributed by atoms with van der Waals surface area (Å²) in [6.07, 6.45) is 9.37. The van der Waals surface area contributed by atoms with Crippen LogP contribution < -0.4 is 0 Å². The van der Waals surface area contributed by atoms with Gasteiger partial charge in [-0.1, -0.05) is 6.42 Å². The van der Waals surface area contributed by atoms with E-state index in [0.717, 1.165) is 52.4 Å². The number of rotatable bonds is 5. The Labute approximate surface area is 149 Å². The van der Waals surface area contributed by atoms with Crippen LogP contribution in [0.4, 0.5) is 0 Å². The molecule has 1 amide bonds. The van der Waals surface area contributed by atoms with Crippen molar-refractivity contribution in [1.29, 1.82) is 0 Å². The summed E-state index contributed by atoms with van der Waals surface area (Å²) < 4.78 is 13.3. The highest BCUT2D eigenvalue weighted by Gasteiger charge is 2.50. The van der Waals surface area contributed by atoms with Gasteiger partial charge in [-0.2, -0.15) is 5.10 Å². The SMILES string of the molecule is Cn1cc(C(=O)N2C[C@H]3CCC[C@@]3(COCC3CCOCC3)C2)cn1. The van der Waals surface area contributed by atoms with E-state index in [1.165, 1.54) is 19.3 Å². The zero-order valence-corrected chi connectivity index (χ0v) is 15.2. The van der Waals surface area contributed by atoms with Crippen LogP contribution in [-0.2, 0) is 16.5 Å². The smallest absolute Gasteiger partial charge is 0.257 e. The van der Waals surface area contributed by atoms with Gasteiger partial charge in [-0.25, -0.2) is 0 Å². The van der Waals surface area contributed by atoms with Crippen LogP contribution in [0, 0.1) is 17.3 Å². The van der Waals surface area contributed by atoms with E-state index in [9.17, 15) is 4.79 Å². The quantitative estimate of drug-likeness (QED) is 0.819. The Balaban J connectivity index is 1.36. The third kappa shape index (κ3) is 3.47. The molecule has 1 saturated carbocycles. The van der Waals surface area contributed by atoms with Gasteiger partial charge >= 0.3 is 0 Å². The number of amides is 1. The molecule has 3 aliphatic rings. The zero-order chi connectivity index (χ0) is 17.3. The van der Waals surface area contributed by atoms with Gasteiger partial charge < -0.3 is 14.4 Å². The van der Waals surface area contributed by atoms with E-state index >= 15 is 0 Å². The molecule has 25 heavy (non-hydrogen) atoms. The molecule has 1 aromatic rings. The topological polar surface area (TPSA) is 56.6 Å². The summed E-state index contributed by atoms with van der Waals surface area (Å²) in [5.74, 6) is 1.34. The van der Waals surface area contributed by atoms with E-state index in [0.29, 0.717) is 17.4 Å². The van der Waals surface area contributed by atoms with Crippen LogP contribution in [0.2, 0.25) is 0 Å². The molecule has 1 aliphatic carbocycles. The van der Waals surface area contributed by atoms with Gasteiger partial charge in [0.25, 0.3) is 5.91 Å². The fourth-order valence-electron chi connectivity index (χ4n) is 4.86. The summed E-state index contributed by atoms with van der Waals surface area (Å²) in [6, 6.07) is 0. The highest BCUT2D eigenvalue weighted by Crippen LogP contribution is 2.49. The summed E-state index contributed by atoms with van der Waals surface area (Å²) in [6.45, 7) is 5.08. The summed E-state index contributed by atoms with van der Waals surface area (Å²) in [5, 5.41) is 4.13. The molecule has 2 saturated heterocycles. The third-order valence-electron chi connectivity index (χ3n) is 6.36. The number of nitrogens with zero attached hydrogens (tertiary/aromatic N) is 3. The minimum atomic E-state index is 0.117. The number of aryl methyl sites for hydroxylation is 1. The van der Waals surface area contributed by atoms with Crippen LogP contribution in [0.1, 0.15) is 42.5 Å². The molecule has 6 heteroatoms. The number of likely N-dealkylation sites (tertiary alicyclic amines) is 1. The standard InChI is InChI=1S/C19H29N3O3/c1-21-10-16(9-20-21)18(23)22-11-17-3-2-6-19(17,13-22)14-25-12-15-4-7-24-8-5-15/h9-10,15,17H,2-8,11-14H2,1H3/t17-,19+/m1/s1. The number of hydrogen-bond acceptors (Lipinski definition) is 4. The number of carbonyl (C=O) groups is 1. The molecule has 6 nitrogen and oxygen atoms in total. The van der Waals surface area contributed by atoms with Gasteiger partial charge in [-0.3, -0.25) is 9.48 Å². The maximum absolute atomic E-state index is 12.8. The molecule has 3 heterocycles. The Kier molecular flexibility index (Phi) is 4.82. The van der Waals surface area contributed by atoms with Crippen molar-refractivity contribution in [3.8, 4) is 0 Å². The first kappa shape index (κ1) is 17.0. The van der Waals surface area contributed by atoms with Crippen LogP contribution in [0.3, 0.4) is 0 Å². The van der Waals surface area contributed by atoms with Crippen LogP contribution >= 0.6 is 0 Å². The van der Waals surface area contributed by atoms with Gasteiger partial charge in [0.1, 0.15) is 0 Å². The summed E-state index contributed by atoms with van der Waals surface area (Å²) >= 11 is 0. The molecule has 4 rings (SSSR count). The molecule has 1 aromatic heterocycles. The maximum atomic E-state index is 12.8. The fourth-order valence-corrected chi connectivity index (χ4v) is 4.86. The molecule has 3 fully saturated rings. The predicted molar refractivity (Wildman–Crippen MR) is 93.2 cm³/mol. The minimum absolute atomic E-state index is 0.117. The number of carbonyl (C=O) groups excluding carboxylic acids is 1. The predicted octanol–water partition coefficient (Wildman–Crippen LogP) is 2.11. The van der Waals surface area contributed by atoms with Gasteiger partial charge in [0.15, 0.2) is 0 Å². The highest BCUT2D eigenvalue weighted by molar-refractivity contribution is 5.94. The molecule has 0 aromatic carbocycles. The Bertz CT molecular complexity index is 611. The van der Waals surface area contributed by atoms with E-state index in [-0.39, 0.29) is 11.3 Å². The average molecular weight is 347 g/mol. The van der Waals surface area contributed by atoms with Crippen molar-refractivity contribution in [3.63, 3.8) is 0 Å². The lowest BCUT2D eigenvalue weighted by Gasteiger charge is -2.30. The maximum Gasteiger partial charge on any atom is 0.257 e. The molecule has 2 aliphatic heterocycles. The van der Waals surface area contributed by atoms with Crippen LogP contribution in [-0.4, -0.2) is 60.1 Å². The summed E-state index contributed by atoms with van der Waals surface area (Å²) in [7, 11) is 1.85. The number of ether oxygens (including phenoxy) is 2. The largest absolute Gasteiger partial charge is 0.381 e. The van der Waals surface area contributed by atoms with Crippen molar-refractivity contribution >= 4 is 5.91 Å². The first-order valence-electron chi connectivity index (χ1n) is 9.60. The van der Waals surface area contributed by atoms with Gasteiger partial charge in [0, 0.05) is 51.6 Å². The van der Waals surface area contributed by atoms with E-state index in [2.05, 4.69) is 5.10 Å². The molecule has 0 bridgehead atoms. The van der Waals surface area contributed by atoms with Crippen molar-refractivity contribution in [2.24, 2.45) is 24.3 Å². The van der Waals surface area contributed by atoms with Gasteiger partial charge in [-0.05, 0) is 37.5 Å².